The molecule has 0 aliphatic rings. The lowest BCUT2D eigenvalue weighted by Crippen LogP contribution is -2.14. The lowest BCUT2D eigenvalue weighted by molar-refractivity contribution is 0.101. The Morgan fingerprint density at radius 3 is 1.83 bits per heavy atom. The Hall–Kier alpha value is -3.80. The predicted octanol–water partition coefficient (Wildman–Crippen LogP) is 4.27. The molecular formula is C23H23N3O3. The molecule has 0 spiro atoms. The molecule has 0 saturated heterocycles. The molecule has 3 aromatic rings. The highest BCUT2D eigenvalue weighted by Gasteiger charge is 2.10. The number of ether oxygens (including phenoxy) is 1. The van der Waals surface area contributed by atoms with Gasteiger partial charge < -0.3 is 20.3 Å². The Morgan fingerprint density at radius 1 is 0.759 bits per heavy atom. The van der Waals surface area contributed by atoms with Crippen LogP contribution in [0.4, 0.5) is 17.1 Å². The van der Waals surface area contributed by atoms with Crippen molar-refractivity contribution in [2.75, 3.05) is 36.7 Å². The summed E-state index contributed by atoms with van der Waals surface area (Å²) >= 11 is 0. The molecule has 0 radical (unpaired) electrons. The first-order valence-corrected chi connectivity index (χ1v) is 9.10. The summed E-state index contributed by atoms with van der Waals surface area (Å²) in [6, 6.07) is 21.2. The van der Waals surface area contributed by atoms with Gasteiger partial charge in [0.25, 0.3) is 11.8 Å². The lowest BCUT2D eigenvalue weighted by atomic mass is 10.1. The fourth-order valence-electron chi connectivity index (χ4n) is 2.72. The molecule has 3 aromatic carbocycles. The summed E-state index contributed by atoms with van der Waals surface area (Å²) in [5, 5.41) is 5.67. The molecule has 0 fully saturated rings. The fourth-order valence-corrected chi connectivity index (χ4v) is 2.72. The number of benzene rings is 3. The molecular weight excluding hydrogens is 366 g/mol. The van der Waals surface area contributed by atoms with Crippen LogP contribution < -0.4 is 20.3 Å². The van der Waals surface area contributed by atoms with E-state index in [0.717, 1.165) is 5.69 Å². The van der Waals surface area contributed by atoms with E-state index in [1.54, 1.807) is 55.6 Å². The Labute approximate surface area is 170 Å². The van der Waals surface area contributed by atoms with Crippen molar-refractivity contribution >= 4 is 28.9 Å². The maximum atomic E-state index is 12.4. The molecule has 0 aromatic heterocycles. The monoisotopic (exact) mass is 389 g/mol. The third-order valence-corrected chi connectivity index (χ3v) is 4.38. The maximum absolute atomic E-state index is 12.4. The van der Waals surface area contributed by atoms with Crippen molar-refractivity contribution in [3.8, 4) is 5.75 Å². The standard InChI is InChI=1S/C23H23N3O3/c1-26(2)20-13-11-18(12-14-20)24-22(27)16-7-9-17(10-8-16)23(28)25-19-5-4-6-21(15-19)29-3/h4-15H,1-3H3,(H,24,27)(H,25,28). The molecule has 6 nitrogen and oxygen atoms in total. The number of nitrogens with one attached hydrogen (secondary N) is 2. The number of methoxy groups -OCH3 is 1. The second kappa shape index (κ2) is 8.93. The fraction of sp³-hybridized carbons (Fsp3) is 0.130. The zero-order chi connectivity index (χ0) is 20.8. The summed E-state index contributed by atoms with van der Waals surface area (Å²) in [6.07, 6.45) is 0. The molecule has 0 heterocycles. The summed E-state index contributed by atoms with van der Waals surface area (Å²) in [5.74, 6) is 0.167. The average Bonchev–Trinajstić information content (AvgIpc) is 2.74. The molecule has 0 atom stereocenters. The highest BCUT2D eigenvalue weighted by atomic mass is 16.5. The zero-order valence-electron chi connectivity index (χ0n) is 16.6. The number of hydrogen-bond acceptors (Lipinski definition) is 4. The minimum absolute atomic E-state index is 0.234. The lowest BCUT2D eigenvalue weighted by Gasteiger charge is -2.13. The Bertz CT molecular complexity index is 997. The van der Waals surface area contributed by atoms with E-state index in [4.69, 9.17) is 4.74 Å². The van der Waals surface area contributed by atoms with Gasteiger partial charge >= 0.3 is 0 Å². The third-order valence-electron chi connectivity index (χ3n) is 4.38. The molecule has 2 N–H and O–H groups in total. The predicted molar refractivity (Wildman–Crippen MR) is 116 cm³/mol. The number of anilines is 3. The number of amides is 2. The second-order valence-corrected chi connectivity index (χ2v) is 6.66. The molecule has 6 heteroatoms. The number of rotatable bonds is 6. The van der Waals surface area contributed by atoms with Crippen LogP contribution in [0.25, 0.3) is 0 Å². The molecule has 29 heavy (non-hydrogen) atoms. The van der Waals surface area contributed by atoms with Crippen LogP contribution in [0.5, 0.6) is 5.75 Å². The van der Waals surface area contributed by atoms with Crippen LogP contribution in [0.1, 0.15) is 20.7 Å². The largest absolute Gasteiger partial charge is 0.497 e. The summed E-state index contributed by atoms with van der Waals surface area (Å²) < 4.78 is 5.15. The summed E-state index contributed by atoms with van der Waals surface area (Å²) in [7, 11) is 5.49. The normalized spacial score (nSPS) is 10.2. The SMILES string of the molecule is COc1cccc(NC(=O)c2ccc(C(=O)Nc3ccc(N(C)C)cc3)cc2)c1. The zero-order valence-corrected chi connectivity index (χ0v) is 16.6. The Morgan fingerprint density at radius 2 is 1.31 bits per heavy atom. The van der Waals surface area contributed by atoms with Crippen molar-refractivity contribution in [2.45, 2.75) is 0 Å². The van der Waals surface area contributed by atoms with E-state index in [2.05, 4.69) is 10.6 Å². The van der Waals surface area contributed by atoms with Crippen LogP contribution in [0, 0.1) is 0 Å². The van der Waals surface area contributed by atoms with Gasteiger partial charge in [-0.05, 0) is 60.7 Å². The van der Waals surface area contributed by atoms with E-state index >= 15 is 0 Å². The van der Waals surface area contributed by atoms with E-state index in [1.807, 2.05) is 43.3 Å². The first-order valence-electron chi connectivity index (χ1n) is 9.10. The van der Waals surface area contributed by atoms with E-state index in [9.17, 15) is 9.59 Å². The van der Waals surface area contributed by atoms with Crippen molar-refractivity contribution in [2.24, 2.45) is 0 Å². The third kappa shape index (κ3) is 5.13. The van der Waals surface area contributed by atoms with Gasteiger partial charge in [0, 0.05) is 48.4 Å². The summed E-state index contributed by atoms with van der Waals surface area (Å²) in [5.41, 5.74) is 3.33. The van der Waals surface area contributed by atoms with Gasteiger partial charge in [-0.15, -0.1) is 0 Å². The number of hydrogen-bond donors (Lipinski definition) is 2. The van der Waals surface area contributed by atoms with E-state index in [-0.39, 0.29) is 11.8 Å². The first kappa shape index (κ1) is 19.9. The molecule has 148 valence electrons. The van der Waals surface area contributed by atoms with Gasteiger partial charge in [-0.2, -0.15) is 0 Å². The molecule has 0 aliphatic heterocycles. The van der Waals surface area contributed by atoms with E-state index in [0.29, 0.717) is 28.3 Å². The summed E-state index contributed by atoms with van der Waals surface area (Å²) in [6.45, 7) is 0. The number of carbonyl (C=O) groups excluding carboxylic acids is 2. The van der Waals surface area contributed by atoms with Gasteiger partial charge in [0.15, 0.2) is 0 Å². The van der Waals surface area contributed by atoms with Crippen LogP contribution in [-0.4, -0.2) is 33.0 Å². The van der Waals surface area contributed by atoms with Gasteiger partial charge in [0.05, 0.1) is 7.11 Å². The molecule has 0 aliphatic carbocycles. The number of carbonyl (C=O) groups is 2. The molecule has 0 saturated carbocycles. The van der Waals surface area contributed by atoms with Gasteiger partial charge in [0.1, 0.15) is 5.75 Å². The van der Waals surface area contributed by atoms with Gasteiger partial charge in [0.2, 0.25) is 0 Å². The molecule has 3 rings (SSSR count). The first-order chi connectivity index (χ1) is 14.0. The highest BCUT2D eigenvalue weighted by Crippen LogP contribution is 2.19. The Balaban J connectivity index is 1.64. The quantitative estimate of drug-likeness (QED) is 0.661. The van der Waals surface area contributed by atoms with Gasteiger partial charge in [-0.25, -0.2) is 0 Å². The topological polar surface area (TPSA) is 70.7 Å². The Kier molecular flexibility index (Phi) is 6.14. The smallest absolute Gasteiger partial charge is 0.255 e. The van der Waals surface area contributed by atoms with Crippen molar-refractivity contribution in [1.29, 1.82) is 0 Å². The van der Waals surface area contributed by atoms with Crippen molar-refractivity contribution in [3.63, 3.8) is 0 Å². The molecule has 2 amide bonds. The van der Waals surface area contributed by atoms with Crippen LogP contribution >= 0.6 is 0 Å². The maximum Gasteiger partial charge on any atom is 0.255 e. The average molecular weight is 389 g/mol. The van der Waals surface area contributed by atoms with Gasteiger partial charge in [-0.3, -0.25) is 9.59 Å². The minimum atomic E-state index is -0.260. The minimum Gasteiger partial charge on any atom is -0.497 e. The second-order valence-electron chi connectivity index (χ2n) is 6.66. The molecule has 0 unspecified atom stereocenters. The number of nitrogens with zero attached hydrogens (tertiary/aromatic N) is 1. The van der Waals surface area contributed by atoms with Crippen LogP contribution in [0.2, 0.25) is 0 Å². The van der Waals surface area contributed by atoms with Crippen molar-refractivity contribution in [3.05, 3.63) is 83.9 Å². The van der Waals surface area contributed by atoms with Crippen molar-refractivity contribution in [1.82, 2.24) is 0 Å². The van der Waals surface area contributed by atoms with E-state index in [1.165, 1.54) is 0 Å². The van der Waals surface area contributed by atoms with E-state index < -0.39 is 0 Å². The van der Waals surface area contributed by atoms with Crippen LogP contribution in [0.3, 0.4) is 0 Å². The highest BCUT2D eigenvalue weighted by molar-refractivity contribution is 6.07. The van der Waals surface area contributed by atoms with Gasteiger partial charge in [-0.1, -0.05) is 6.07 Å². The van der Waals surface area contributed by atoms with Crippen LogP contribution in [0.15, 0.2) is 72.8 Å². The summed E-state index contributed by atoms with van der Waals surface area (Å²) in [4.78, 5) is 26.8. The van der Waals surface area contributed by atoms with Crippen molar-refractivity contribution < 1.29 is 14.3 Å². The van der Waals surface area contributed by atoms with Crippen LogP contribution in [-0.2, 0) is 0 Å². The molecule has 0 bridgehead atoms.